The van der Waals surface area contributed by atoms with Gasteiger partial charge in [0.05, 0.1) is 36.9 Å². The molecule has 1 amide bonds. The number of fused-ring (bicyclic) bond motifs is 1. The van der Waals surface area contributed by atoms with Crippen LogP contribution in [-0.4, -0.2) is 69.7 Å². The summed E-state index contributed by atoms with van der Waals surface area (Å²) < 4.78 is 7.06. The number of nitrogens with zero attached hydrogens (tertiary/aromatic N) is 5. The summed E-state index contributed by atoms with van der Waals surface area (Å²) in [7, 11) is 1.94. The molecule has 28 heavy (non-hydrogen) atoms. The zero-order valence-electron chi connectivity index (χ0n) is 16.0. The van der Waals surface area contributed by atoms with Gasteiger partial charge < -0.3 is 20.1 Å². The average Bonchev–Trinajstić information content (AvgIpc) is 3.05. The molecule has 1 saturated heterocycles. The molecule has 0 saturated carbocycles. The summed E-state index contributed by atoms with van der Waals surface area (Å²) in [4.78, 5) is 22.8. The highest BCUT2D eigenvalue weighted by molar-refractivity contribution is 5.92. The molecule has 150 valence electrons. The number of carbonyl (C=O) groups excluding carboxylic acids is 1. The second-order valence-electron chi connectivity index (χ2n) is 7.52. The van der Waals surface area contributed by atoms with Crippen LogP contribution in [0.1, 0.15) is 28.3 Å². The molecule has 2 aliphatic rings. The molecule has 2 aromatic rings. The minimum Gasteiger partial charge on any atom is -0.389 e. The highest BCUT2D eigenvalue weighted by atomic mass is 16.5. The monoisotopic (exact) mass is 386 g/mol. The van der Waals surface area contributed by atoms with Crippen molar-refractivity contribution in [2.75, 3.05) is 37.7 Å². The van der Waals surface area contributed by atoms with E-state index in [1.165, 1.54) is 12.0 Å². The Morgan fingerprint density at radius 1 is 1.43 bits per heavy atom. The summed E-state index contributed by atoms with van der Waals surface area (Å²) in [6.45, 7) is 2.99. The normalized spacial score (nSPS) is 17.7. The Balaban J connectivity index is 1.29. The molecule has 2 N–H and O–H groups in total. The van der Waals surface area contributed by atoms with E-state index < -0.39 is 6.10 Å². The van der Waals surface area contributed by atoms with Gasteiger partial charge in [0.15, 0.2) is 0 Å². The summed E-state index contributed by atoms with van der Waals surface area (Å²) in [5, 5.41) is 17.5. The lowest BCUT2D eigenvalue weighted by Gasteiger charge is -2.30. The van der Waals surface area contributed by atoms with Crippen LogP contribution in [0.2, 0.25) is 0 Å². The van der Waals surface area contributed by atoms with Crippen molar-refractivity contribution in [3.8, 4) is 0 Å². The summed E-state index contributed by atoms with van der Waals surface area (Å²) in [6.07, 6.45) is 5.39. The standard InChI is InChI=1S/C19H26N6O3/c1-24-17-3-2-4-25(18(17)8-23-24)9-15(26)7-20-19(27)16-6-14(21-12-22-16)5-13-10-28-11-13/h6,8,12-13,15,26H,2-5,7,9-11H2,1H3,(H,20,27)/t15-/m0/s1. The zero-order chi connectivity index (χ0) is 19.5. The van der Waals surface area contributed by atoms with Gasteiger partial charge >= 0.3 is 0 Å². The molecule has 0 aromatic carbocycles. The number of hydrogen-bond donors (Lipinski definition) is 2. The highest BCUT2D eigenvalue weighted by Gasteiger charge is 2.23. The van der Waals surface area contributed by atoms with Crippen LogP contribution in [0.3, 0.4) is 0 Å². The maximum absolute atomic E-state index is 12.4. The third kappa shape index (κ3) is 4.15. The number of rotatable bonds is 7. The van der Waals surface area contributed by atoms with Gasteiger partial charge in [-0.15, -0.1) is 0 Å². The Bertz CT molecular complexity index is 835. The van der Waals surface area contributed by atoms with Crippen molar-refractivity contribution in [3.05, 3.63) is 35.7 Å². The summed E-state index contributed by atoms with van der Waals surface area (Å²) in [5.74, 6) is 0.169. The number of aryl methyl sites for hydroxylation is 1. The van der Waals surface area contributed by atoms with Crippen LogP contribution >= 0.6 is 0 Å². The van der Waals surface area contributed by atoms with Crippen LogP contribution in [-0.2, 0) is 24.6 Å². The number of ether oxygens (including phenoxy) is 1. The van der Waals surface area contributed by atoms with Gasteiger partial charge in [0.2, 0.25) is 0 Å². The Hall–Kier alpha value is -2.52. The molecule has 4 heterocycles. The van der Waals surface area contributed by atoms with Gasteiger partial charge in [0, 0.05) is 38.3 Å². The largest absolute Gasteiger partial charge is 0.389 e. The molecular weight excluding hydrogens is 360 g/mol. The van der Waals surface area contributed by atoms with Crippen molar-refractivity contribution in [1.29, 1.82) is 0 Å². The summed E-state index contributed by atoms with van der Waals surface area (Å²) in [6, 6.07) is 1.71. The van der Waals surface area contributed by atoms with Crippen molar-refractivity contribution in [3.63, 3.8) is 0 Å². The number of nitrogens with one attached hydrogen (secondary N) is 1. The van der Waals surface area contributed by atoms with Crippen LogP contribution in [0.5, 0.6) is 0 Å². The Kier molecular flexibility index (Phi) is 5.54. The number of carbonyl (C=O) groups is 1. The molecule has 0 aliphatic carbocycles. The maximum Gasteiger partial charge on any atom is 0.270 e. The maximum atomic E-state index is 12.4. The van der Waals surface area contributed by atoms with Crippen molar-refractivity contribution in [1.82, 2.24) is 25.1 Å². The number of hydrogen-bond acceptors (Lipinski definition) is 7. The predicted molar refractivity (Wildman–Crippen MR) is 102 cm³/mol. The van der Waals surface area contributed by atoms with Crippen molar-refractivity contribution in [2.45, 2.75) is 25.4 Å². The van der Waals surface area contributed by atoms with Gasteiger partial charge in [0.1, 0.15) is 12.0 Å². The molecular formula is C19H26N6O3. The fraction of sp³-hybridized carbons (Fsp3) is 0.579. The van der Waals surface area contributed by atoms with Gasteiger partial charge in [-0.3, -0.25) is 9.48 Å². The lowest BCUT2D eigenvalue weighted by Crippen LogP contribution is -2.42. The van der Waals surface area contributed by atoms with Crippen molar-refractivity contribution < 1.29 is 14.6 Å². The predicted octanol–water partition coefficient (Wildman–Crippen LogP) is -0.0575. The van der Waals surface area contributed by atoms with Gasteiger partial charge in [-0.05, 0) is 25.3 Å². The van der Waals surface area contributed by atoms with E-state index in [9.17, 15) is 9.90 Å². The minimum absolute atomic E-state index is 0.167. The lowest BCUT2D eigenvalue weighted by atomic mass is 10.0. The van der Waals surface area contributed by atoms with Crippen molar-refractivity contribution in [2.24, 2.45) is 13.0 Å². The van der Waals surface area contributed by atoms with Gasteiger partial charge in [-0.25, -0.2) is 9.97 Å². The fourth-order valence-corrected chi connectivity index (χ4v) is 3.70. The van der Waals surface area contributed by atoms with Crippen molar-refractivity contribution >= 4 is 11.6 Å². The molecule has 1 fully saturated rings. The zero-order valence-corrected chi connectivity index (χ0v) is 16.0. The Morgan fingerprint density at radius 3 is 3.07 bits per heavy atom. The Morgan fingerprint density at radius 2 is 2.29 bits per heavy atom. The minimum atomic E-state index is -0.677. The molecule has 2 aromatic heterocycles. The van der Waals surface area contributed by atoms with Crippen LogP contribution < -0.4 is 10.2 Å². The third-order valence-corrected chi connectivity index (χ3v) is 5.31. The lowest BCUT2D eigenvalue weighted by molar-refractivity contribution is -0.0316. The van der Waals surface area contributed by atoms with E-state index in [4.69, 9.17) is 4.74 Å². The van der Waals surface area contributed by atoms with E-state index in [-0.39, 0.29) is 12.5 Å². The number of aliphatic hydroxyl groups excluding tert-OH is 1. The topological polar surface area (TPSA) is 105 Å². The van der Waals surface area contributed by atoms with E-state index in [1.807, 2.05) is 17.9 Å². The molecule has 0 radical (unpaired) electrons. The molecule has 0 unspecified atom stereocenters. The molecule has 9 heteroatoms. The molecule has 9 nitrogen and oxygen atoms in total. The first-order valence-electron chi connectivity index (χ1n) is 9.71. The molecule has 0 spiro atoms. The van der Waals surface area contributed by atoms with Gasteiger partial charge in [-0.2, -0.15) is 5.10 Å². The SMILES string of the molecule is Cn1ncc2c1CCCN2C[C@@H](O)CNC(=O)c1cc(CC2COC2)ncn1. The first kappa shape index (κ1) is 18.8. The Labute approximate surface area is 163 Å². The van der Waals surface area contributed by atoms with Gasteiger partial charge in [-0.1, -0.05) is 0 Å². The molecule has 4 rings (SSSR count). The second-order valence-corrected chi connectivity index (χ2v) is 7.52. The number of β-amino-alcohol motifs (C(OH)–C–C–N with tert-alkyl or cyclic N) is 1. The number of aromatic nitrogens is 4. The highest BCUT2D eigenvalue weighted by Crippen LogP contribution is 2.26. The van der Waals surface area contributed by atoms with Gasteiger partial charge in [0.25, 0.3) is 5.91 Å². The van der Waals surface area contributed by atoms with Crippen LogP contribution in [0.15, 0.2) is 18.6 Å². The van der Waals surface area contributed by atoms with E-state index >= 15 is 0 Å². The summed E-state index contributed by atoms with van der Waals surface area (Å²) in [5.41, 5.74) is 3.42. The molecule has 1 atom stereocenters. The third-order valence-electron chi connectivity index (χ3n) is 5.31. The van der Waals surface area contributed by atoms with E-state index in [0.29, 0.717) is 18.2 Å². The first-order valence-corrected chi connectivity index (χ1v) is 9.71. The quantitative estimate of drug-likeness (QED) is 0.687. The van der Waals surface area contributed by atoms with Crippen LogP contribution in [0.25, 0.3) is 0 Å². The number of anilines is 1. The molecule has 0 bridgehead atoms. The molecule has 2 aliphatic heterocycles. The van der Waals surface area contributed by atoms with E-state index in [0.717, 1.165) is 50.4 Å². The number of aliphatic hydroxyl groups is 1. The smallest absolute Gasteiger partial charge is 0.270 e. The fourth-order valence-electron chi connectivity index (χ4n) is 3.70. The van der Waals surface area contributed by atoms with Crippen LogP contribution in [0.4, 0.5) is 5.69 Å². The first-order chi connectivity index (χ1) is 13.6. The van der Waals surface area contributed by atoms with E-state index in [2.05, 4.69) is 25.3 Å². The average molecular weight is 386 g/mol. The number of amides is 1. The van der Waals surface area contributed by atoms with E-state index in [1.54, 1.807) is 6.07 Å². The summed E-state index contributed by atoms with van der Waals surface area (Å²) >= 11 is 0. The van der Waals surface area contributed by atoms with Crippen LogP contribution in [0, 0.1) is 5.92 Å². The second kappa shape index (κ2) is 8.24.